The molecule has 0 bridgehead atoms. The van der Waals surface area contributed by atoms with Gasteiger partial charge in [-0.2, -0.15) is 0 Å². The summed E-state index contributed by atoms with van der Waals surface area (Å²) in [4.78, 5) is 34.7. The molecule has 0 saturated carbocycles. The van der Waals surface area contributed by atoms with Gasteiger partial charge in [0.1, 0.15) is 5.75 Å². The van der Waals surface area contributed by atoms with Crippen molar-refractivity contribution < 1.29 is 85.8 Å². The normalized spacial score (nSPS) is 16.4. The van der Waals surface area contributed by atoms with Crippen LogP contribution in [0.5, 0.6) is 17.2 Å². The molecule has 1 aromatic heterocycles. The molecule has 3 rings (SSSR count). The van der Waals surface area contributed by atoms with E-state index in [0.29, 0.717) is 0 Å². The Morgan fingerprint density at radius 1 is 1.27 bits per heavy atom. The van der Waals surface area contributed by atoms with E-state index in [-0.39, 0.29) is 67.7 Å². The van der Waals surface area contributed by atoms with Crippen molar-refractivity contribution >= 4 is 22.5 Å². The van der Waals surface area contributed by atoms with E-state index in [4.69, 9.17) is 9.52 Å². The first-order valence-electron chi connectivity index (χ1n) is 5.81. The first-order chi connectivity index (χ1) is 9.82. The van der Waals surface area contributed by atoms with Gasteiger partial charge in [0.15, 0.2) is 17.3 Å². The van der Waals surface area contributed by atoms with Crippen molar-refractivity contribution in [1.29, 1.82) is 0 Å². The minimum Gasteiger partial charge on any atom is -0.870 e. The number of aliphatic carboxylic acids is 1. The molecule has 0 amide bonds. The number of phenolic OH excluding ortho intramolecular Hbond substituents is 2. The third-order valence-corrected chi connectivity index (χ3v) is 3.46. The van der Waals surface area contributed by atoms with Crippen LogP contribution in [0.25, 0.3) is 10.8 Å². The molecule has 2 aromatic rings. The van der Waals surface area contributed by atoms with Crippen LogP contribution < -0.4 is 62.1 Å². The molecule has 1 heterocycles. The maximum absolute atomic E-state index is 11.8. The van der Waals surface area contributed by atoms with Gasteiger partial charge in [-0.15, -0.1) is 0 Å². The number of fused-ring (bicyclic) bond motifs is 3. The average Bonchev–Trinajstić information content (AvgIpc) is 2.74. The second-order valence-corrected chi connectivity index (χ2v) is 4.64. The van der Waals surface area contributed by atoms with Gasteiger partial charge in [-0.1, -0.05) is 11.8 Å². The Hall–Kier alpha value is -1.39. The molecule has 1 aliphatic rings. The summed E-state index contributed by atoms with van der Waals surface area (Å²) in [5, 5.41) is 39.2. The second kappa shape index (κ2) is 5.67. The maximum atomic E-state index is 11.8. The number of carbonyl (C=O) groups excluding carboxylic acids is 1. The molecule has 8 nitrogen and oxygen atoms in total. The van der Waals surface area contributed by atoms with Crippen LogP contribution in [0.1, 0.15) is 28.5 Å². The summed E-state index contributed by atoms with van der Waals surface area (Å²) in [6.07, 6.45) is -0.425. The third-order valence-electron chi connectivity index (χ3n) is 3.46. The van der Waals surface area contributed by atoms with Gasteiger partial charge in [-0.05, 0) is 0 Å². The SMILES string of the molecule is O=C1CC(C(=O)O)c2c1oc(=O)c1cc([O-])c(O)c(O)c21.[K+]. The molecule has 0 aliphatic heterocycles. The van der Waals surface area contributed by atoms with Crippen LogP contribution in [-0.2, 0) is 4.79 Å². The smallest absolute Gasteiger partial charge is 0.870 e. The van der Waals surface area contributed by atoms with Crippen molar-refractivity contribution in [2.24, 2.45) is 0 Å². The predicted molar refractivity (Wildman–Crippen MR) is 64.6 cm³/mol. The molecule has 0 fully saturated rings. The van der Waals surface area contributed by atoms with Crippen molar-refractivity contribution in [2.45, 2.75) is 12.3 Å². The first kappa shape index (κ1) is 17.0. The molecular formula is C13H7KO8. The minimum absolute atomic E-state index is 0. The molecule has 0 saturated heterocycles. The van der Waals surface area contributed by atoms with E-state index in [2.05, 4.69) is 0 Å². The van der Waals surface area contributed by atoms with Gasteiger partial charge in [0.05, 0.1) is 11.3 Å². The minimum atomic E-state index is -1.35. The number of phenols is 2. The monoisotopic (exact) mass is 330 g/mol. The Balaban J connectivity index is 0.00000176. The fourth-order valence-electron chi connectivity index (χ4n) is 2.51. The van der Waals surface area contributed by atoms with Gasteiger partial charge in [0.25, 0.3) is 0 Å². The Bertz CT molecular complexity index is 882. The number of hydrogen-bond donors (Lipinski definition) is 3. The zero-order valence-corrected chi connectivity index (χ0v) is 14.4. The number of hydrogen-bond acceptors (Lipinski definition) is 7. The summed E-state index contributed by atoms with van der Waals surface area (Å²) < 4.78 is 4.78. The van der Waals surface area contributed by atoms with Gasteiger partial charge in [-0.3, -0.25) is 9.59 Å². The molecule has 0 spiro atoms. The predicted octanol–water partition coefficient (Wildman–Crippen LogP) is -2.96. The molecular weight excluding hydrogens is 323 g/mol. The Labute approximate surface area is 164 Å². The Morgan fingerprint density at radius 2 is 1.91 bits per heavy atom. The topological polar surface area (TPSA) is 148 Å². The van der Waals surface area contributed by atoms with Gasteiger partial charge < -0.3 is 24.8 Å². The quantitative estimate of drug-likeness (QED) is 0.371. The van der Waals surface area contributed by atoms with E-state index in [1.807, 2.05) is 0 Å². The zero-order valence-electron chi connectivity index (χ0n) is 11.2. The van der Waals surface area contributed by atoms with E-state index in [1.165, 1.54) is 0 Å². The number of carboxylic acid groups (broad SMARTS) is 1. The summed E-state index contributed by atoms with van der Waals surface area (Å²) in [6, 6.07) is 0.734. The first-order valence-corrected chi connectivity index (χ1v) is 5.81. The molecule has 108 valence electrons. The van der Waals surface area contributed by atoms with Crippen LogP contribution in [0.4, 0.5) is 0 Å². The number of carboxylic acids is 1. The van der Waals surface area contributed by atoms with Gasteiger partial charge >= 0.3 is 63.0 Å². The van der Waals surface area contributed by atoms with Crippen LogP contribution in [0.15, 0.2) is 15.3 Å². The van der Waals surface area contributed by atoms with Gasteiger partial charge in [0.2, 0.25) is 0 Å². The summed E-state index contributed by atoms with van der Waals surface area (Å²) in [5.74, 6) is -6.77. The Kier molecular flexibility index (Phi) is 4.37. The van der Waals surface area contributed by atoms with Crippen molar-refractivity contribution in [3.8, 4) is 17.2 Å². The van der Waals surface area contributed by atoms with E-state index >= 15 is 0 Å². The number of rotatable bonds is 1. The van der Waals surface area contributed by atoms with Crippen LogP contribution in [0, 0.1) is 0 Å². The maximum Gasteiger partial charge on any atom is 1.00 e. The molecule has 0 radical (unpaired) electrons. The summed E-state index contributed by atoms with van der Waals surface area (Å²) >= 11 is 0. The van der Waals surface area contributed by atoms with E-state index < -0.39 is 52.7 Å². The largest absolute Gasteiger partial charge is 1.00 e. The summed E-state index contributed by atoms with van der Waals surface area (Å²) in [5.41, 5.74) is -1.26. The summed E-state index contributed by atoms with van der Waals surface area (Å²) in [7, 11) is 0. The number of carbonyl (C=O) groups is 2. The van der Waals surface area contributed by atoms with E-state index in [0.717, 1.165) is 6.07 Å². The second-order valence-electron chi connectivity index (χ2n) is 4.64. The molecule has 1 aromatic carbocycles. The molecule has 1 aliphatic carbocycles. The summed E-state index contributed by atoms with van der Waals surface area (Å²) in [6.45, 7) is 0. The van der Waals surface area contributed by atoms with Crippen molar-refractivity contribution in [3.05, 3.63) is 27.8 Å². The van der Waals surface area contributed by atoms with Crippen molar-refractivity contribution in [1.82, 2.24) is 0 Å². The molecule has 1 atom stereocenters. The number of ketones is 1. The van der Waals surface area contributed by atoms with Crippen LogP contribution in [0.3, 0.4) is 0 Å². The third kappa shape index (κ3) is 2.25. The standard InChI is InChI=1S/C13H8O8.K/c14-5-2-4-7(10(17)9(5)16)8-3(12(18)19)1-6(15)11(8)21-13(4)20;/h2-3,14,16-17H,1H2,(H,18,19);/q;+1/p-1. The van der Waals surface area contributed by atoms with Crippen molar-refractivity contribution in [3.63, 3.8) is 0 Å². The van der Waals surface area contributed by atoms with Crippen molar-refractivity contribution in [2.75, 3.05) is 0 Å². The molecule has 22 heavy (non-hydrogen) atoms. The van der Waals surface area contributed by atoms with Gasteiger partial charge in [-0.25, -0.2) is 4.79 Å². The van der Waals surface area contributed by atoms with E-state index in [9.17, 15) is 29.7 Å². The van der Waals surface area contributed by atoms with Gasteiger partial charge in [0, 0.05) is 17.4 Å². The van der Waals surface area contributed by atoms with E-state index in [1.54, 1.807) is 0 Å². The fourth-order valence-corrected chi connectivity index (χ4v) is 2.51. The molecule has 1 unspecified atom stereocenters. The number of Topliss-reactive ketones (excluding diaryl/α,β-unsaturated/α-hetero) is 1. The van der Waals surface area contributed by atoms with Crippen LogP contribution in [0.2, 0.25) is 0 Å². The number of benzene rings is 1. The molecule has 9 heteroatoms. The number of aromatic hydroxyl groups is 2. The van der Waals surface area contributed by atoms with Crippen LogP contribution in [-0.4, -0.2) is 27.1 Å². The van der Waals surface area contributed by atoms with Crippen LogP contribution >= 0.6 is 0 Å². The Morgan fingerprint density at radius 3 is 2.50 bits per heavy atom. The molecule has 3 N–H and O–H groups in total. The average molecular weight is 330 g/mol. The zero-order chi connectivity index (χ0) is 15.5. The fraction of sp³-hybridized carbons (Fsp3) is 0.154.